The van der Waals surface area contributed by atoms with Gasteiger partial charge in [0.25, 0.3) is 0 Å². The van der Waals surface area contributed by atoms with Gasteiger partial charge in [-0.1, -0.05) is 92.9 Å². The minimum atomic E-state index is -1.17. The van der Waals surface area contributed by atoms with Crippen molar-refractivity contribution in [3.63, 3.8) is 0 Å². The summed E-state index contributed by atoms with van der Waals surface area (Å²) in [5.41, 5.74) is 1.50. The Hall–Kier alpha value is -1.37. The van der Waals surface area contributed by atoms with E-state index in [1.807, 2.05) is 0 Å². The molecule has 8 bridgehead atoms. The van der Waals surface area contributed by atoms with Crippen LogP contribution in [-0.4, -0.2) is 25.4 Å². The molecule has 0 radical (unpaired) electrons. The predicted octanol–water partition coefficient (Wildman–Crippen LogP) is 9.96. The van der Waals surface area contributed by atoms with Crippen molar-refractivity contribution in [2.75, 3.05) is 6.16 Å². The molecule has 8 fully saturated rings. The number of nitrogens with one attached hydrogen (secondary N) is 1. The first-order valence-corrected chi connectivity index (χ1v) is 23.6. The molecule has 5 heteroatoms. The maximum atomic E-state index is 14.2. The molecule has 0 spiro atoms. The van der Waals surface area contributed by atoms with Gasteiger partial charge in [0.05, 0.1) is 15.7 Å². The Morgan fingerprint density at radius 3 is 1.43 bits per heavy atom. The summed E-state index contributed by atoms with van der Waals surface area (Å²) in [4.78, 5) is 0. The third kappa shape index (κ3) is 6.28. The van der Waals surface area contributed by atoms with Gasteiger partial charge in [-0.25, -0.2) is 8.93 Å². The van der Waals surface area contributed by atoms with Gasteiger partial charge < -0.3 is 0 Å². The fourth-order valence-corrected chi connectivity index (χ4v) is 21.7. The summed E-state index contributed by atoms with van der Waals surface area (Å²) in [6.07, 6.45) is 19.0. The average molecular weight is 710 g/mol. The van der Waals surface area contributed by atoms with Gasteiger partial charge in [-0.3, -0.25) is 0 Å². The van der Waals surface area contributed by atoms with Gasteiger partial charge in [-0.15, -0.1) is 0 Å². The Kier molecular flexibility index (Phi) is 8.84. The van der Waals surface area contributed by atoms with E-state index in [4.69, 9.17) is 0 Å². The Bertz CT molecular complexity index is 1510. The van der Waals surface area contributed by atoms with Crippen LogP contribution in [0.2, 0.25) is 0 Å². The Morgan fingerprint density at radius 1 is 0.633 bits per heavy atom. The molecule has 260 valence electrons. The first-order valence-electron chi connectivity index (χ1n) is 19.6. The van der Waals surface area contributed by atoms with E-state index in [1.165, 1.54) is 93.2 Å². The van der Waals surface area contributed by atoms with Crippen molar-refractivity contribution >= 4 is 42.7 Å². The van der Waals surface area contributed by atoms with Crippen molar-refractivity contribution in [3.05, 3.63) is 90.5 Å². The molecule has 49 heavy (non-hydrogen) atoms. The van der Waals surface area contributed by atoms with E-state index in [1.54, 1.807) is 5.30 Å². The highest BCUT2D eigenvalue weighted by molar-refractivity contribution is 7.84. The van der Waals surface area contributed by atoms with Gasteiger partial charge in [0.1, 0.15) is 0 Å². The Balaban J connectivity index is 1.19. The third-order valence-corrected chi connectivity index (χ3v) is 21.9. The summed E-state index contributed by atoms with van der Waals surface area (Å²) < 4.78 is 17.8. The zero-order valence-corrected chi connectivity index (χ0v) is 32.6. The number of hydrogen-bond donors (Lipinski definition) is 1. The molecule has 0 saturated heterocycles. The van der Waals surface area contributed by atoms with Crippen molar-refractivity contribution in [3.8, 4) is 0 Å². The van der Waals surface area contributed by atoms with Crippen LogP contribution in [0.25, 0.3) is 0 Å². The Labute approximate surface area is 301 Å². The molecule has 2 nitrogen and oxygen atoms in total. The highest BCUT2D eigenvalue weighted by Gasteiger charge is 2.63. The van der Waals surface area contributed by atoms with Crippen molar-refractivity contribution in [2.45, 2.75) is 119 Å². The van der Waals surface area contributed by atoms with Crippen molar-refractivity contribution in [1.29, 1.82) is 0 Å². The largest absolute Gasteiger partial charge is 0.242 e. The molecule has 0 aliphatic heterocycles. The highest BCUT2D eigenvalue weighted by Crippen LogP contribution is 2.78. The fraction of sp³-hybridized carbons (Fsp3) is 0.591. The fourth-order valence-electron chi connectivity index (χ4n) is 12.9. The predicted molar refractivity (Wildman–Crippen MR) is 213 cm³/mol. The lowest BCUT2D eigenvalue weighted by atomic mass is 9.55. The standard InChI is InChI=1S/C44H57NOP2S/c1-42(2,3)49(46)45-40(30-47(37-12-6-4-7-13-37)38-14-8-5-9-15-38)39-16-10-11-17-41(39)48(43-24-31-18-32(25-43)20-33(19-31)26-43)44-27-34-21-35(28-44)23-36(22-34)29-44/h4-17,31-36,40,45H,18-30H2,1-3H3/t31?,32?,33?,34?,35?,36?,40-,43?,44?,48?,49-/m1/s1. The van der Waals surface area contributed by atoms with Crippen molar-refractivity contribution in [2.24, 2.45) is 35.5 Å². The molecule has 8 aliphatic rings. The van der Waals surface area contributed by atoms with Crippen LogP contribution in [0.5, 0.6) is 0 Å². The minimum absolute atomic E-state index is 0.0376. The maximum absolute atomic E-state index is 14.2. The van der Waals surface area contributed by atoms with E-state index >= 15 is 0 Å². The first-order chi connectivity index (χ1) is 23.7. The number of hydrogen-bond acceptors (Lipinski definition) is 1. The average Bonchev–Trinajstić information content (AvgIpc) is 3.06. The molecular formula is C44H57NOP2S. The lowest BCUT2D eigenvalue weighted by Crippen LogP contribution is -2.58. The molecule has 8 saturated carbocycles. The lowest BCUT2D eigenvalue weighted by molar-refractivity contribution is 0.0195. The van der Waals surface area contributed by atoms with Crippen LogP contribution in [0, 0.1) is 35.5 Å². The number of rotatable bonds is 10. The second kappa shape index (κ2) is 12.9. The summed E-state index contributed by atoms with van der Waals surface area (Å²) in [6, 6.07) is 32.3. The third-order valence-electron chi connectivity index (χ3n) is 13.8. The van der Waals surface area contributed by atoms with E-state index in [9.17, 15) is 4.21 Å². The molecule has 8 aliphatic carbocycles. The molecule has 2 atom stereocenters. The highest BCUT2D eigenvalue weighted by atomic mass is 32.2. The molecular weight excluding hydrogens is 653 g/mol. The van der Waals surface area contributed by atoms with Crippen LogP contribution in [0.4, 0.5) is 0 Å². The normalized spacial score (nSPS) is 36.2. The summed E-state index contributed by atoms with van der Waals surface area (Å²) >= 11 is 0. The van der Waals surface area contributed by atoms with Crippen LogP contribution in [0.15, 0.2) is 84.9 Å². The van der Waals surface area contributed by atoms with E-state index in [2.05, 4.69) is 110 Å². The Morgan fingerprint density at radius 2 is 1.02 bits per heavy atom. The monoisotopic (exact) mass is 709 g/mol. The van der Waals surface area contributed by atoms with Gasteiger partial charge in [-0.05, 0) is 179 Å². The van der Waals surface area contributed by atoms with Gasteiger partial charge in [0.15, 0.2) is 0 Å². The second-order valence-electron chi connectivity index (χ2n) is 18.5. The maximum Gasteiger partial charge on any atom is 0.0976 e. The number of benzene rings is 3. The van der Waals surface area contributed by atoms with Crippen molar-refractivity contribution < 1.29 is 4.21 Å². The molecule has 11 rings (SSSR count). The van der Waals surface area contributed by atoms with Gasteiger partial charge in [-0.2, -0.15) is 0 Å². The smallest absolute Gasteiger partial charge is 0.0976 e. The summed E-state index contributed by atoms with van der Waals surface area (Å²) in [7, 11) is -2.20. The topological polar surface area (TPSA) is 29.1 Å². The minimum Gasteiger partial charge on any atom is -0.242 e. The zero-order chi connectivity index (χ0) is 33.4. The zero-order valence-electron chi connectivity index (χ0n) is 30.0. The van der Waals surface area contributed by atoms with Crippen LogP contribution in [0.3, 0.4) is 0 Å². The molecule has 3 aromatic carbocycles. The molecule has 1 N–H and O–H groups in total. The van der Waals surface area contributed by atoms with E-state index in [-0.39, 0.29) is 18.7 Å². The quantitative estimate of drug-likeness (QED) is 0.209. The van der Waals surface area contributed by atoms with Crippen LogP contribution in [-0.2, 0) is 11.0 Å². The molecule has 0 heterocycles. The molecule has 0 amide bonds. The van der Waals surface area contributed by atoms with E-state index in [0.717, 1.165) is 41.7 Å². The molecule has 3 aromatic rings. The second-order valence-corrected chi connectivity index (χ2v) is 25.8. The molecule has 0 aromatic heterocycles. The molecule has 0 unspecified atom stereocenters. The van der Waals surface area contributed by atoms with Gasteiger partial charge in [0.2, 0.25) is 0 Å². The van der Waals surface area contributed by atoms with E-state index < -0.39 is 18.9 Å². The lowest BCUT2D eigenvalue weighted by Gasteiger charge is -2.67. The van der Waals surface area contributed by atoms with Crippen LogP contribution in [0.1, 0.15) is 109 Å². The van der Waals surface area contributed by atoms with Gasteiger partial charge in [0, 0.05) is 6.04 Å². The summed E-state index contributed by atoms with van der Waals surface area (Å²) in [5, 5.41) is 5.56. The van der Waals surface area contributed by atoms with Gasteiger partial charge >= 0.3 is 0 Å². The van der Waals surface area contributed by atoms with Crippen LogP contribution >= 0.6 is 15.8 Å². The van der Waals surface area contributed by atoms with E-state index in [0.29, 0.717) is 10.3 Å². The van der Waals surface area contributed by atoms with Crippen molar-refractivity contribution in [1.82, 2.24) is 4.72 Å². The SMILES string of the molecule is CC(C)(C)[S@@](=O)N[C@H](CP(c1ccccc1)c1ccccc1)c1ccccc1P(C12CC3CC(CC(C3)C1)C2)C12CC3CC(CC(C3)C1)C2. The first kappa shape index (κ1) is 33.5. The summed E-state index contributed by atoms with van der Waals surface area (Å²) in [5.74, 6) is 5.77. The van der Waals surface area contributed by atoms with Crippen LogP contribution < -0.4 is 20.6 Å². The summed E-state index contributed by atoms with van der Waals surface area (Å²) in [6.45, 7) is 6.40.